The van der Waals surface area contributed by atoms with Crippen LogP contribution in [0.5, 0.6) is 0 Å². The Morgan fingerprint density at radius 1 is 1.00 bits per heavy atom. The Kier molecular flexibility index (Phi) is 3.15. The third-order valence-electron chi connectivity index (χ3n) is 2.05. The van der Waals surface area contributed by atoms with Crippen molar-refractivity contribution in [2.24, 2.45) is 0 Å². The molecule has 0 saturated heterocycles. The Hall–Kier alpha value is -1.43. The predicted molar refractivity (Wildman–Crippen MR) is 60.2 cm³/mol. The second kappa shape index (κ2) is 4.44. The van der Waals surface area contributed by atoms with E-state index in [9.17, 15) is 13.2 Å². The van der Waals surface area contributed by atoms with Crippen LogP contribution in [0.3, 0.4) is 0 Å². The summed E-state index contributed by atoms with van der Waals surface area (Å²) in [6.45, 7) is 0. The topological polar surface area (TPSA) is 25.8 Å². The molecule has 0 N–H and O–H groups in total. The van der Waals surface area contributed by atoms with Crippen molar-refractivity contribution in [1.82, 2.24) is 9.97 Å². The summed E-state index contributed by atoms with van der Waals surface area (Å²) in [4.78, 5) is 7.32. The lowest BCUT2D eigenvalue weighted by Crippen LogP contribution is -2.08. The van der Waals surface area contributed by atoms with E-state index in [-0.39, 0.29) is 5.82 Å². The fourth-order valence-electron chi connectivity index (χ4n) is 1.25. The molecular formula is C11H6BrF3N2. The van der Waals surface area contributed by atoms with E-state index in [2.05, 4.69) is 25.9 Å². The average Bonchev–Trinajstić information content (AvgIpc) is 2.29. The SMILES string of the molecule is FC(F)(F)c1ccnc(-c2ccc(Br)cc2)n1. The largest absolute Gasteiger partial charge is 0.433 e. The summed E-state index contributed by atoms with van der Waals surface area (Å²) in [7, 11) is 0. The quantitative estimate of drug-likeness (QED) is 0.798. The zero-order valence-electron chi connectivity index (χ0n) is 8.37. The van der Waals surface area contributed by atoms with Crippen LogP contribution in [0.4, 0.5) is 13.2 Å². The van der Waals surface area contributed by atoms with Gasteiger partial charge in [-0.15, -0.1) is 0 Å². The standard InChI is InChI=1S/C11H6BrF3N2/c12-8-3-1-7(2-4-8)10-16-6-5-9(17-10)11(13,14)15/h1-6H. The van der Waals surface area contributed by atoms with Crippen LogP contribution in [-0.2, 0) is 6.18 Å². The van der Waals surface area contributed by atoms with Gasteiger partial charge in [-0.3, -0.25) is 0 Å². The highest BCUT2D eigenvalue weighted by Gasteiger charge is 2.32. The highest BCUT2D eigenvalue weighted by atomic mass is 79.9. The van der Waals surface area contributed by atoms with Gasteiger partial charge < -0.3 is 0 Å². The molecule has 0 aliphatic carbocycles. The Bertz CT molecular complexity index is 523. The van der Waals surface area contributed by atoms with Gasteiger partial charge in [-0.2, -0.15) is 13.2 Å². The zero-order chi connectivity index (χ0) is 12.5. The Balaban J connectivity index is 2.43. The molecular weight excluding hydrogens is 297 g/mol. The van der Waals surface area contributed by atoms with E-state index < -0.39 is 11.9 Å². The van der Waals surface area contributed by atoms with E-state index in [0.717, 1.165) is 16.7 Å². The Morgan fingerprint density at radius 3 is 2.24 bits per heavy atom. The summed E-state index contributed by atoms with van der Waals surface area (Å²) in [6, 6.07) is 7.60. The van der Waals surface area contributed by atoms with Gasteiger partial charge in [-0.05, 0) is 18.2 Å². The molecule has 0 saturated carbocycles. The summed E-state index contributed by atoms with van der Waals surface area (Å²) >= 11 is 3.24. The first-order chi connectivity index (χ1) is 7.97. The number of hydrogen-bond donors (Lipinski definition) is 0. The van der Waals surface area contributed by atoms with E-state index >= 15 is 0 Å². The van der Waals surface area contributed by atoms with Crippen LogP contribution < -0.4 is 0 Å². The van der Waals surface area contributed by atoms with Crippen LogP contribution in [-0.4, -0.2) is 9.97 Å². The molecule has 0 aliphatic heterocycles. The third-order valence-corrected chi connectivity index (χ3v) is 2.58. The smallest absolute Gasteiger partial charge is 0.237 e. The third kappa shape index (κ3) is 2.82. The van der Waals surface area contributed by atoms with Crippen molar-refractivity contribution < 1.29 is 13.2 Å². The second-order valence-electron chi connectivity index (χ2n) is 3.27. The molecule has 0 radical (unpaired) electrons. The van der Waals surface area contributed by atoms with Crippen molar-refractivity contribution in [3.8, 4) is 11.4 Å². The summed E-state index contributed by atoms with van der Waals surface area (Å²) < 4.78 is 38.2. The number of halogens is 4. The predicted octanol–water partition coefficient (Wildman–Crippen LogP) is 3.92. The summed E-state index contributed by atoms with van der Waals surface area (Å²) in [6.07, 6.45) is -3.35. The van der Waals surface area contributed by atoms with E-state index in [1.165, 1.54) is 0 Å². The molecule has 17 heavy (non-hydrogen) atoms. The fourth-order valence-corrected chi connectivity index (χ4v) is 1.52. The molecule has 1 aromatic carbocycles. The lowest BCUT2D eigenvalue weighted by atomic mass is 10.2. The molecule has 0 amide bonds. The second-order valence-corrected chi connectivity index (χ2v) is 4.19. The van der Waals surface area contributed by atoms with Gasteiger partial charge in [0.15, 0.2) is 5.82 Å². The van der Waals surface area contributed by atoms with Crippen LogP contribution in [0.25, 0.3) is 11.4 Å². The molecule has 6 heteroatoms. The van der Waals surface area contributed by atoms with Crippen LogP contribution in [0, 0.1) is 0 Å². The van der Waals surface area contributed by atoms with Crippen molar-refractivity contribution in [3.63, 3.8) is 0 Å². The van der Waals surface area contributed by atoms with Gasteiger partial charge >= 0.3 is 6.18 Å². The summed E-state index contributed by atoms with van der Waals surface area (Å²) in [5, 5.41) is 0. The van der Waals surface area contributed by atoms with Crippen molar-refractivity contribution in [2.45, 2.75) is 6.18 Å². The first-order valence-corrected chi connectivity index (χ1v) is 5.42. The van der Waals surface area contributed by atoms with Gasteiger partial charge in [0.1, 0.15) is 5.69 Å². The van der Waals surface area contributed by atoms with E-state index in [0.29, 0.717) is 5.56 Å². The van der Waals surface area contributed by atoms with Crippen LogP contribution in [0.2, 0.25) is 0 Å². The average molecular weight is 303 g/mol. The minimum atomic E-state index is -4.45. The lowest BCUT2D eigenvalue weighted by Gasteiger charge is -2.06. The Labute approximate surface area is 104 Å². The molecule has 0 spiro atoms. The van der Waals surface area contributed by atoms with E-state index in [4.69, 9.17) is 0 Å². The monoisotopic (exact) mass is 302 g/mol. The van der Waals surface area contributed by atoms with Crippen molar-refractivity contribution in [1.29, 1.82) is 0 Å². The van der Waals surface area contributed by atoms with Gasteiger partial charge in [-0.25, -0.2) is 9.97 Å². The number of aromatic nitrogens is 2. The summed E-state index contributed by atoms with van der Waals surface area (Å²) in [5.74, 6) is 0.0623. The molecule has 2 nitrogen and oxygen atoms in total. The first-order valence-electron chi connectivity index (χ1n) is 4.63. The minimum absolute atomic E-state index is 0.0623. The van der Waals surface area contributed by atoms with Gasteiger partial charge in [-0.1, -0.05) is 28.1 Å². The highest BCUT2D eigenvalue weighted by Crippen LogP contribution is 2.28. The van der Waals surface area contributed by atoms with E-state index in [1.54, 1.807) is 24.3 Å². The van der Waals surface area contributed by atoms with Crippen LogP contribution >= 0.6 is 15.9 Å². The van der Waals surface area contributed by atoms with Gasteiger partial charge in [0.25, 0.3) is 0 Å². The summed E-state index contributed by atoms with van der Waals surface area (Å²) in [5.41, 5.74) is -0.398. The molecule has 2 rings (SSSR count). The zero-order valence-corrected chi connectivity index (χ0v) is 9.96. The van der Waals surface area contributed by atoms with Crippen molar-refractivity contribution >= 4 is 15.9 Å². The van der Waals surface area contributed by atoms with Crippen molar-refractivity contribution in [3.05, 3.63) is 46.7 Å². The lowest BCUT2D eigenvalue weighted by molar-refractivity contribution is -0.141. The molecule has 1 heterocycles. The van der Waals surface area contributed by atoms with Gasteiger partial charge in [0.05, 0.1) is 0 Å². The van der Waals surface area contributed by atoms with Gasteiger partial charge in [0, 0.05) is 16.2 Å². The first kappa shape index (κ1) is 12.0. The number of nitrogens with zero attached hydrogens (tertiary/aromatic N) is 2. The normalized spacial score (nSPS) is 11.5. The molecule has 0 unspecified atom stereocenters. The molecule has 2 aromatic rings. The maximum atomic E-state index is 12.4. The molecule has 0 fully saturated rings. The van der Waals surface area contributed by atoms with Gasteiger partial charge in [0.2, 0.25) is 0 Å². The number of rotatable bonds is 1. The molecule has 0 atom stereocenters. The molecule has 0 aliphatic rings. The maximum Gasteiger partial charge on any atom is 0.433 e. The number of benzene rings is 1. The Morgan fingerprint density at radius 2 is 1.65 bits per heavy atom. The van der Waals surface area contributed by atoms with Crippen LogP contribution in [0.1, 0.15) is 5.69 Å². The number of alkyl halides is 3. The van der Waals surface area contributed by atoms with Crippen molar-refractivity contribution in [2.75, 3.05) is 0 Å². The number of hydrogen-bond acceptors (Lipinski definition) is 2. The van der Waals surface area contributed by atoms with E-state index in [1.807, 2.05) is 0 Å². The molecule has 0 bridgehead atoms. The molecule has 88 valence electrons. The van der Waals surface area contributed by atoms with Crippen LogP contribution in [0.15, 0.2) is 41.0 Å². The highest BCUT2D eigenvalue weighted by molar-refractivity contribution is 9.10. The minimum Gasteiger partial charge on any atom is -0.237 e. The maximum absolute atomic E-state index is 12.4. The molecule has 1 aromatic heterocycles. The fraction of sp³-hybridized carbons (Fsp3) is 0.0909.